The lowest BCUT2D eigenvalue weighted by atomic mass is 10.1. The van der Waals surface area contributed by atoms with Crippen LogP contribution in [0.25, 0.3) is 0 Å². The molecule has 0 aliphatic carbocycles. The van der Waals surface area contributed by atoms with Crippen molar-refractivity contribution in [2.45, 2.75) is 20.8 Å². The second-order valence-electron chi connectivity index (χ2n) is 5.41. The van der Waals surface area contributed by atoms with Crippen molar-refractivity contribution in [3.63, 3.8) is 0 Å². The van der Waals surface area contributed by atoms with Gasteiger partial charge in [-0.1, -0.05) is 29.8 Å². The minimum absolute atomic E-state index is 0.0809. The van der Waals surface area contributed by atoms with E-state index >= 15 is 0 Å². The lowest BCUT2D eigenvalue weighted by Gasteiger charge is -2.09. The van der Waals surface area contributed by atoms with E-state index in [2.05, 4.69) is 10.5 Å². The van der Waals surface area contributed by atoms with Crippen LogP contribution in [-0.4, -0.2) is 18.2 Å². The Morgan fingerprint density at radius 3 is 2.52 bits per heavy atom. The molecule has 0 unspecified atom stereocenters. The molecule has 0 aromatic heterocycles. The number of carbonyl (C=O) groups excluding carboxylic acids is 1. The molecular formula is C18H21N3O2. The number of benzene rings is 2. The van der Waals surface area contributed by atoms with Crippen LogP contribution in [0.4, 0.5) is 5.69 Å². The Balaban J connectivity index is 1.89. The Kier molecular flexibility index (Phi) is 5.36. The van der Waals surface area contributed by atoms with Crippen molar-refractivity contribution in [3.05, 3.63) is 59.2 Å². The van der Waals surface area contributed by atoms with Gasteiger partial charge in [0.25, 0.3) is 5.91 Å². The average molecular weight is 311 g/mol. The molecular weight excluding hydrogens is 290 g/mol. The van der Waals surface area contributed by atoms with Crippen molar-refractivity contribution in [1.29, 1.82) is 0 Å². The monoisotopic (exact) mass is 311 g/mol. The molecule has 2 aromatic carbocycles. The zero-order valence-corrected chi connectivity index (χ0v) is 13.6. The molecule has 0 radical (unpaired) electrons. The topological polar surface area (TPSA) is 76.7 Å². The molecule has 0 heterocycles. The number of hydrogen-bond donors (Lipinski definition) is 2. The SMILES string of the molecule is C/C(=N\NC(=O)COc1ccc(C)cc1C)c1ccc(N)cc1. The van der Waals surface area contributed by atoms with E-state index < -0.39 is 0 Å². The predicted octanol–water partition coefficient (Wildman–Crippen LogP) is 2.80. The summed E-state index contributed by atoms with van der Waals surface area (Å²) >= 11 is 0. The van der Waals surface area contributed by atoms with E-state index in [4.69, 9.17) is 10.5 Å². The van der Waals surface area contributed by atoms with Crippen LogP contribution in [0.5, 0.6) is 5.75 Å². The van der Waals surface area contributed by atoms with Gasteiger partial charge in [-0.3, -0.25) is 4.79 Å². The Morgan fingerprint density at radius 2 is 1.87 bits per heavy atom. The highest BCUT2D eigenvalue weighted by Crippen LogP contribution is 2.18. The molecule has 2 aromatic rings. The van der Waals surface area contributed by atoms with Crippen LogP contribution in [0.15, 0.2) is 47.6 Å². The zero-order chi connectivity index (χ0) is 16.8. The zero-order valence-electron chi connectivity index (χ0n) is 13.6. The van der Waals surface area contributed by atoms with E-state index in [0.717, 1.165) is 16.7 Å². The third kappa shape index (κ3) is 4.85. The molecule has 120 valence electrons. The van der Waals surface area contributed by atoms with Gasteiger partial charge in [0.2, 0.25) is 0 Å². The lowest BCUT2D eigenvalue weighted by Crippen LogP contribution is -2.25. The smallest absolute Gasteiger partial charge is 0.277 e. The molecule has 0 aliphatic rings. The molecule has 0 spiro atoms. The van der Waals surface area contributed by atoms with Crippen LogP contribution in [0.3, 0.4) is 0 Å². The number of anilines is 1. The molecule has 5 heteroatoms. The first-order chi connectivity index (χ1) is 11.0. The molecule has 2 rings (SSSR count). The number of nitrogen functional groups attached to an aromatic ring is 1. The first-order valence-electron chi connectivity index (χ1n) is 7.35. The molecule has 0 bridgehead atoms. The third-order valence-electron chi connectivity index (χ3n) is 3.37. The molecule has 1 amide bonds. The van der Waals surface area contributed by atoms with Crippen molar-refractivity contribution in [1.82, 2.24) is 5.43 Å². The minimum atomic E-state index is -0.306. The van der Waals surface area contributed by atoms with Gasteiger partial charge < -0.3 is 10.5 Å². The standard InChI is InChI=1S/C18H21N3O2/c1-12-4-9-17(13(2)10-12)23-11-18(22)21-20-14(3)15-5-7-16(19)8-6-15/h4-10H,11,19H2,1-3H3,(H,21,22)/b20-14+. The highest BCUT2D eigenvalue weighted by atomic mass is 16.5. The summed E-state index contributed by atoms with van der Waals surface area (Å²) in [5, 5.41) is 4.07. The summed E-state index contributed by atoms with van der Waals surface area (Å²) in [4.78, 5) is 11.8. The van der Waals surface area contributed by atoms with E-state index in [1.165, 1.54) is 0 Å². The number of rotatable bonds is 5. The fraction of sp³-hybridized carbons (Fsp3) is 0.222. The van der Waals surface area contributed by atoms with Crippen LogP contribution in [0.1, 0.15) is 23.6 Å². The summed E-state index contributed by atoms with van der Waals surface area (Å²) in [6.45, 7) is 5.70. The Hall–Kier alpha value is -2.82. The number of nitrogens with zero attached hydrogens (tertiary/aromatic N) is 1. The lowest BCUT2D eigenvalue weighted by molar-refractivity contribution is -0.123. The number of hydrazone groups is 1. The van der Waals surface area contributed by atoms with E-state index in [1.54, 1.807) is 12.1 Å². The number of aryl methyl sites for hydroxylation is 2. The van der Waals surface area contributed by atoms with E-state index in [9.17, 15) is 4.79 Å². The quantitative estimate of drug-likeness (QED) is 0.506. The van der Waals surface area contributed by atoms with E-state index in [-0.39, 0.29) is 12.5 Å². The summed E-state index contributed by atoms with van der Waals surface area (Å²) in [5.74, 6) is 0.393. The maximum Gasteiger partial charge on any atom is 0.277 e. The van der Waals surface area contributed by atoms with Crippen LogP contribution in [0.2, 0.25) is 0 Å². The number of nitrogens with one attached hydrogen (secondary N) is 1. The Bertz CT molecular complexity index is 722. The summed E-state index contributed by atoms with van der Waals surface area (Å²) < 4.78 is 5.51. The van der Waals surface area contributed by atoms with Gasteiger partial charge in [-0.25, -0.2) is 5.43 Å². The number of hydrogen-bond acceptors (Lipinski definition) is 4. The highest BCUT2D eigenvalue weighted by Gasteiger charge is 2.05. The molecule has 23 heavy (non-hydrogen) atoms. The van der Waals surface area contributed by atoms with Gasteiger partial charge in [0.1, 0.15) is 5.75 Å². The maximum absolute atomic E-state index is 11.8. The molecule has 0 atom stereocenters. The van der Waals surface area contributed by atoms with Gasteiger partial charge in [-0.05, 0) is 50.1 Å². The van der Waals surface area contributed by atoms with Crippen LogP contribution >= 0.6 is 0 Å². The number of ether oxygens (including phenoxy) is 1. The summed E-state index contributed by atoms with van der Waals surface area (Å²) in [6, 6.07) is 13.1. The number of nitrogens with two attached hydrogens (primary N) is 1. The number of carbonyl (C=O) groups is 1. The Labute approximate surface area is 136 Å². The third-order valence-corrected chi connectivity index (χ3v) is 3.37. The van der Waals surface area contributed by atoms with Crippen molar-refractivity contribution < 1.29 is 9.53 Å². The largest absolute Gasteiger partial charge is 0.483 e. The second-order valence-corrected chi connectivity index (χ2v) is 5.41. The molecule has 5 nitrogen and oxygen atoms in total. The summed E-state index contributed by atoms with van der Waals surface area (Å²) in [5.41, 5.74) is 12.6. The van der Waals surface area contributed by atoms with Gasteiger partial charge in [-0.15, -0.1) is 0 Å². The van der Waals surface area contributed by atoms with Gasteiger partial charge in [-0.2, -0.15) is 5.10 Å². The van der Waals surface area contributed by atoms with Gasteiger partial charge in [0.15, 0.2) is 6.61 Å². The maximum atomic E-state index is 11.8. The van der Waals surface area contributed by atoms with Gasteiger partial charge in [0, 0.05) is 5.69 Å². The first-order valence-corrected chi connectivity index (χ1v) is 7.35. The predicted molar refractivity (Wildman–Crippen MR) is 92.6 cm³/mol. The molecule has 0 fully saturated rings. The van der Waals surface area contributed by atoms with Crippen LogP contribution in [-0.2, 0) is 4.79 Å². The van der Waals surface area contributed by atoms with Gasteiger partial charge in [0.05, 0.1) is 5.71 Å². The summed E-state index contributed by atoms with van der Waals surface area (Å²) in [6.07, 6.45) is 0. The van der Waals surface area contributed by atoms with Gasteiger partial charge >= 0.3 is 0 Å². The molecule has 0 saturated carbocycles. The van der Waals surface area contributed by atoms with Crippen LogP contribution in [0, 0.1) is 13.8 Å². The molecule has 0 aliphatic heterocycles. The first kappa shape index (κ1) is 16.5. The minimum Gasteiger partial charge on any atom is -0.483 e. The molecule has 3 N–H and O–H groups in total. The highest BCUT2D eigenvalue weighted by molar-refractivity contribution is 5.99. The van der Waals surface area contributed by atoms with Crippen molar-refractivity contribution in [2.24, 2.45) is 5.10 Å². The second kappa shape index (κ2) is 7.45. The fourth-order valence-electron chi connectivity index (χ4n) is 2.07. The van der Waals surface area contributed by atoms with Crippen molar-refractivity contribution in [3.8, 4) is 5.75 Å². The van der Waals surface area contributed by atoms with Crippen molar-refractivity contribution >= 4 is 17.3 Å². The Morgan fingerprint density at radius 1 is 1.17 bits per heavy atom. The van der Waals surface area contributed by atoms with Crippen LogP contribution < -0.4 is 15.9 Å². The average Bonchev–Trinajstić information content (AvgIpc) is 2.52. The van der Waals surface area contributed by atoms with E-state index in [0.29, 0.717) is 17.1 Å². The van der Waals surface area contributed by atoms with E-state index in [1.807, 2.05) is 51.1 Å². The molecule has 0 saturated heterocycles. The normalized spacial score (nSPS) is 11.2. The summed E-state index contributed by atoms with van der Waals surface area (Å²) in [7, 11) is 0. The number of amides is 1. The fourth-order valence-corrected chi connectivity index (χ4v) is 2.07. The van der Waals surface area contributed by atoms with Crippen molar-refractivity contribution in [2.75, 3.05) is 12.3 Å².